The van der Waals surface area contributed by atoms with E-state index in [9.17, 15) is 18.3 Å². The monoisotopic (exact) mass is 460 g/mol. The molecule has 164 valence electrons. The summed E-state index contributed by atoms with van der Waals surface area (Å²) in [5.74, 6) is -0.187. The Balaban J connectivity index is 2.08. The number of ether oxygens (including phenoxy) is 1. The number of aliphatic imine (C=N–C) groups is 1. The van der Waals surface area contributed by atoms with Gasteiger partial charge in [-0.2, -0.15) is 13.2 Å². The number of para-hydroxylation sites is 1. The van der Waals surface area contributed by atoms with Gasteiger partial charge < -0.3 is 14.6 Å². The Morgan fingerprint density at radius 2 is 2.09 bits per heavy atom. The van der Waals surface area contributed by atoms with Crippen LogP contribution in [-0.4, -0.2) is 43.4 Å². The van der Waals surface area contributed by atoms with Gasteiger partial charge in [-0.15, -0.1) is 0 Å². The summed E-state index contributed by atoms with van der Waals surface area (Å²) in [6, 6.07) is 3.13. The molecule has 0 atom stereocenters. The number of imidazole rings is 1. The third kappa shape index (κ3) is 3.94. The average Bonchev–Trinajstić information content (AvgIpc) is 3.12. The predicted octanol–water partition coefficient (Wildman–Crippen LogP) is 4.33. The zero-order valence-electron chi connectivity index (χ0n) is 16.7. The number of phenols is 1. The van der Waals surface area contributed by atoms with Crippen LogP contribution in [0.3, 0.4) is 0 Å². The Kier molecular flexibility index (Phi) is 5.67. The highest BCUT2D eigenvalue weighted by molar-refractivity contribution is 7.99. The molecule has 8 nitrogen and oxygen atoms in total. The molecule has 2 aromatic heterocycles. The first-order chi connectivity index (χ1) is 15.3. The van der Waals surface area contributed by atoms with Crippen LogP contribution in [0.2, 0.25) is 0 Å². The summed E-state index contributed by atoms with van der Waals surface area (Å²) in [6.45, 7) is 2.09. The summed E-state index contributed by atoms with van der Waals surface area (Å²) in [4.78, 5) is 17.1. The van der Waals surface area contributed by atoms with E-state index >= 15 is 0 Å². The highest BCUT2D eigenvalue weighted by Gasteiger charge is 2.37. The lowest BCUT2D eigenvalue weighted by molar-refractivity contribution is -0.137. The van der Waals surface area contributed by atoms with E-state index in [1.807, 2.05) is 0 Å². The number of benzene rings is 1. The lowest BCUT2D eigenvalue weighted by atomic mass is 10.1. The van der Waals surface area contributed by atoms with E-state index in [2.05, 4.69) is 36.1 Å². The fourth-order valence-corrected chi connectivity index (χ4v) is 3.34. The van der Waals surface area contributed by atoms with Gasteiger partial charge in [0.05, 0.1) is 24.4 Å². The van der Waals surface area contributed by atoms with Crippen molar-refractivity contribution in [2.24, 2.45) is 4.99 Å². The zero-order valence-corrected chi connectivity index (χ0v) is 17.5. The van der Waals surface area contributed by atoms with Crippen LogP contribution >= 0.6 is 11.9 Å². The van der Waals surface area contributed by atoms with Gasteiger partial charge in [0.25, 0.3) is 0 Å². The summed E-state index contributed by atoms with van der Waals surface area (Å²) in [6.07, 6.45) is -0.165. The molecular formula is C20H15F3N6O2S. The van der Waals surface area contributed by atoms with Crippen LogP contribution in [0.1, 0.15) is 18.3 Å². The Hall–Kier alpha value is -3.72. The van der Waals surface area contributed by atoms with Crippen molar-refractivity contribution in [3.63, 3.8) is 0 Å². The number of nitrogens with zero attached hydrogens (tertiary/aromatic N) is 5. The summed E-state index contributed by atoms with van der Waals surface area (Å²) in [7, 11) is 0. The number of aromatic nitrogens is 4. The molecule has 0 saturated carbocycles. The van der Waals surface area contributed by atoms with E-state index in [1.165, 1.54) is 24.2 Å². The maximum Gasteiger partial charge on any atom is 0.418 e. The first kappa shape index (κ1) is 21.5. The van der Waals surface area contributed by atoms with Gasteiger partial charge in [0.2, 0.25) is 5.90 Å². The molecule has 0 saturated heterocycles. The molecule has 0 spiro atoms. The predicted molar refractivity (Wildman–Crippen MR) is 115 cm³/mol. The minimum atomic E-state index is -4.76. The topological polar surface area (TPSA) is 97.5 Å². The van der Waals surface area contributed by atoms with Crippen molar-refractivity contribution in [2.75, 3.05) is 17.6 Å². The van der Waals surface area contributed by atoms with Crippen molar-refractivity contribution in [2.45, 2.75) is 13.1 Å². The molecule has 0 fully saturated rings. The summed E-state index contributed by atoms with van der Waals surface area (Å²) >= 11 is 1.23. The van der Waals surface area contributed by atoms with Crippen molar-refractivity contribution in [1.82, 2.24) is 19.5 Å². The number of rotatable bonds is 5. The first-order valence-electron chi connectivity index (χ1n) is 9.21. The second kappa shape index (κ2) is 8.43. The summed E-state index contributed by atoms with van der Waals surface area (Å²) in [5, 5.41) is 10.5. The van der Waals surface area contributed by atoms with Crippen LogP contribution < -0.4 is 4.72 Å². The molecule has 2 N–H and O–H groups in total. The molecule has 1 aliphatic rings. The maximum absolute atomic E-state index is 13.9. The SMILES string of the molecule is CCOC1=NC(c2nc3ncc(NSC)nc3n2-c2c(O)cccc2C(F)(F)F)=C=C=C1. The van der Waals surface area contributed by atoms with Crippen LogP contribution in [0.25, 0.3) is 22.7 Å². The van der Waals surface area contributed by atoms with Crippen LogP contribution in [0.4, 0.5) is 19.0 Å². The van der Waals surface area contributed by atoms with Gasteiger partial charge in [-0.05, 0) is 24.8 Å². The minimum absolute atomic E-state index is 0.0111. The van der Waals surface area contributed by atoms with Crippen molar-refractivity contribution in [1.29, 1.82) is 0 Å². The van der Waals surface area contributed by atoms with Crippen molar-refractivity contribution < 1.29 is 23.0 Å². The lowest BCUT2D eigenvalue weighted by Gasteiger charge is -2.17. The summed E-state index contributed by atoms with van der Waals surface area (Å²) in [5.41, 5.74) is 3.92. The fraction of sp³-hybridized carbons (Fsp3) is 0.200. The number of halogens is 3. The Morgan fingerprint density at radius 3 is 2.81 bits per heavy atom. The van der Waals surface area contributed by atoms with Crippen LogP contribution in [0, 0.1) is 0 Å². The molecule has 4 rings (SSSR count). The average molecular weight is 460 g/mol. The number of fused-ring (bicyclic) bond motifs is 1. The van der Waals surface area contributed by atoms with Gasteiger partial charge in [-0.25, -0.2) is 19.9 Å². The molecule has 0 bridgehead atoms. The number of hydrogen-bond donors (Lipinski definition) is 2. The lowest BCUT2D eigenvalue weighted by Crippen LogP contribution is -2.13. The highest BCUT2D eigenvalue weighted by atomic mass is 32.2. The number of hydrogen-bond acceptors (Lipinski definition) is 8. The largest absolute Gasteiger partial charge is 0.506 e. The van der Waals surface area contributed by atoms with Crippen molar-refractivity contribution in [3.05, 3.63) is 53.3 Å². The number of anilines is 1. The quantitative estimate of drug-likeness (QED) is 0.432. The molecular weight excluding hydrogens is 445 g/mol. The fourth-order valence-electron chi connectivity index (χ4n) is 3.04. The van der Waals surface area contributed by atoms with Gasteiger partial charge in [-0.3, -0.25) is 4.57 Å². The molecule has 1 aliphatic heterocycles. The van der Waals surface area contributed by atoms with E-state index in [0.717, 1.165) is 22.8 Å². The van der Waals surface area contributed by atoms with E-state index in [-0.39, 0.29) is 28.7 Å². The van der Waals surface area contributed by atoms with Gasteiger partial charge in [0, 0.05) is 6.26 Å². The molecule has 32 heavy (non-hydrogen) atoms. The maximum atomic E-state index is 13.9. The van der Waals surface area contributed by atoms with Crippen molar-refractivity contribution >= 4 is 40.7 Å². The molecule has 12 heteroatoms. The Labute approximate surface area is 184 Å². The number of nitrogens with one attached hydrogen (secondary N) is 1. The second-order valence-electron chi connectivity index (χ2n) is 6.30. The number of alkyl halides is 3. The molecule has 1 aromatic carbocycles. The second-order valence-corrected chi connectivity index (χ2v) is 6.91. The molecule has 3 heterocycles. The van der Waals surface area contributed by atoms with E-state index in [0.29, 0.717) is 12.4 Å². The van der Waals surface area contributed by atoms with Gasteiger partial charge in [0.1, 0.15) is 11.4 Å². The van der Waals surface area contributed by atoms with E-state index in [4.69, 9.17) is 4.74 Å². The molecule has 3 aromatic rings. The highest BCUT2D eigenvalue weighted by Crippen LogP contribution is 2.40. The zero-order chi connectivity index (χ0) is 22.9. The van der Waals surface area contributed by atoms with E-state index in [1.54, 1.807) is 13.2 Å². The van der Waals surface area contributed by atoms with Crippen LogP contribution in [-0.2, 0) is 10.9 Å². The van der Waals surface area contributed by atoms with Crippen molar-refractivity contribution in [3.8, 4) is 11.4 Å². The number of aromatic hydroxyl groups is 1. The van der Waals surface area contributed by atoms with Gasteiger partial charge in [0.15, 0.2) is 28.6 Å². The molecule has 0 unspecified atom stereocenters. The third-order valence-electron chi connectivity index (χ3n) is 4.23. The molecule has 0 aliphatic carbocycles. The molecule has 0 radical (unpaired) electrons. The standard InChI is InChI=1S/C20H15F3N6O2S/c1-3-31-15-9-5-7-12(25-15)18-27-17-19(26-14(10-24-17)28-32-2)29(18)16-11(20(21,22)23)6-4-8-13(16)30/h4,6,8-10,30H,3H2,1-2H3,(H,26,28). The third-order valence-corrected chi connectivity index (χ3v) is 4.65. The Morgan fingerprint density at radius 1 is 1.28 bits per heavy atom. The van der Waals surface area contributed by atoms with Crippen LogP contribution in [0.5, 0.6) is 5.75 Å². The smallest absolute Gasteiger partial charge is 0.418 e. The first-order valence-corrected chi connectivity index (χ1v) is 10.4. The summed E-state index contributed by atoms with van der Waals surface area (Å²) < 4.78 is 50.9. The number of phenolic OH excluding ortho intramolecular Hbond substituents is 1. The minimum Gasteiger partial charge on any atom is -0.506 e. The van der Waals surface area contributed by atoms with Gasteiger partial charge in [-0.1, -0.05) is 23.7 Å². The normalized spacial score (nSPS) is 13.3. The van der Waals surface area contributed by atoms with Gasteiger partial charge >= 0.3 is 6.18 Å². The van der Waals surface area contributed by atoms with E-state index < -0.39 is 23.2 Å². The Bertz CT molecular complexity index is 1340. The molecule has 0 amide bonds. The van der Waals surface area contributed by atoms with Crippen LogP contribution in [0.15, 0.2) is 46.9 Å².